The van der Waals surface area contributed by atoms with Crippen LogP contribution in [0, 0.1) is 0 Å². The molecule has 0 heterocycles. The first-order valence-corrected chi connectivity index (χ1v) is 29.4. The number of ether oxygens (including phenoxy) is 2. The van der Waals surface area contributed by atoms with Crippen molar-refractivity contribution in [3.8, 4) is 0 Å². The second-order valence-electron chi connectivity index (χ2n) is 12.0. The van der Waals surface area contributed by atoms with Gasteiger partial charge in [0.25, 0.3) is 0 Å². The van der Waals surface area contributed by atoms with Gasteiger partial charge in [0.2, 0.25) is 0 Å². The Morgan fingerprint density at radius 1 is 0.939 bits per heavy atom. The molecule has 1 rings (SSSR count). The van der Waals surface area contributed by atoms with Crippen LogP contribution in [0.3, 0.4) is 0 Å². The summed E-state index contributed by atoms with van der Waals surface area (Å²) in [5, 5.41) is 0. The zero-order valence-corrected chi connectivity index (χ0v) is 28.1. The second kappa shape index (κ2) is 12.1. The van der Waals surface area contributed by atoms with E-state index in [9.17, 15) is 4.79 Å². The van der Waals surface area contributed by atoms with Gasteiger partial charge in [-0.25, -0.2) is 4.79 Å². The van der Waals surface area contributed by atoms with E-state index in [1.54, 1.807) is 7.11 Å². The first kappa shape index (κ1) is 30.7. The van der Waals surface area contributed by atoms with Crippen molar-refractivity contribution in [3.63, 3.8) is 0 Å². The highest BCUT2D eigenvalue weighted by atomic mass is 32.4. The molecule has 4 nitrogen and oxygen atoms in total. The highest BCUT2D eigenvalue weighted by Crippen LogP contribution is 2.44. The van der Waals surface area contributed by atoms with Gasteiger partial charge in [-0.3, -0.25) is 0 Å². The number of hydrogen-bond donors (Lipinski definition) is 0. The fourth-order valence-corrected chi connectivity index (χ4v) is 116. The fraction of sp³-hybridized carbons (Fsp3) is 0.708. The van der Waals surface area contributed by atoms with E-state index >= 15 is 0 Å². The van der Waals surface area contributed by atoms with E-state index in [0.717, 1.165) is 11.3 Å². The maximum atomic E-state index is 13.1. The number of carbonyl (C=O) groups excluding carboxylic acids is 1. The predicted octanol–water partition coefficient (Wildman–Crippen LogP) is 7.15. The summed E-state index contributed by atoms with van der Waals surface area (Å²) in [4.78, 5) is 15.0. The first-order valence-electron chi connectivity index (χ1n) is 12.2. The quantitative estimate of drug-likeness (QED) is 0.262. The molecule has 0 saturated carbocycles. The standard InChI is InChI=1S/C24H49NO3SSi4/c1-13-28-24(26)25(21(2)23(27-3)22-17-15-14-16-18-22)19-20-29-33(30(4,5)6,31(7,8)9)32(10,11)12/h14-18,21,23H,13,19-20H2,1-12H3/t21-,23-/m0/s1. The Kier molecular flexibility index (Phi) is 11.2. The lowest BCUT2D eigenvalue weighted by Gasteiger charge is -2.56. The Hall–Kier alpha value is -0.332. The van der Waals surface area contributed by atoms with Gasteiger partial charge in [-0.1, -0.05) is 89.3 Å². The lowest BCUT2D eigenvalue weighted by Crippen LogP contribution is -2.81. The number of nitrogens with zero attached hydrogens (tertiary/aromatic N) is 1. The van der Waals surface area contributed by atoms with Gasteiger partial charge in [0.05, 0.1) is 18.4 Å². The second-order valence-corrected chi connectivity index (χ2v) is 58.3. The number of carbonyl (C=O) groups is 1. The molecule has 0 fully saturated rings. The number of methoxy groups -OCH3 is 1. The normalized spacial score (nSPS) is 15.2. The molecule has 1 amide bonds. The Bertz CT molecular complexity index is 709. The van der Waals surface area contributed by atoms with Gasteiger partial charge in [0.15, 0.2) is 0 Å². The van der Waals surface area contributed by atoms with Crippen molar-refractivity contribution in [2.75, 3.05) is 26.0 Å². The smallest absolute Gasteiger partial charge is 0.410 e. The van der Waals surface area contributed by atoms with Crippen LogP contribution in [-0.2, 0) is 9.47 Å². The highest BCUT2D eigenvalue weighted by Gasteiger charge is 2.62. The summed E-state index contributed by atoms with van der Waals surface area (Å²) in [6.07, 6.45) is -0.418. The van der Waals surface area contributed by atoms with Gasteiger partial charge < -0.3 is 14.4 Å². The van der Waals surface area contributed by atoms with Crippen LogP contribution in [0.5, 0.6) is 0 Å². The number of benzene rings is 1. The van der Waals surface area contributed by atoms with Crippen molar-refractivity contribution in [2.45, 2.75) is 84.9 Å². The van der Waals surface area contributed by atoms with E-state index in [-0.39, 0.29) is 18.2 Å². The van der Waals surface area contributed by atoms with Gasteiger partial charge in [-0.15, -0.1) is 0 Å². The highest BCUT2D eigenvalue weighted by molar-refractivity contribution is 8.50. The summed E-state index contributed by atoms with van der Waals surface area (Å²) in [5.74, 6) is -0.546. The van der Waals surface area contributed by atoms with E-state index in [4.69, 9.17) is 9.47 Å². The van der Waals surface area contributed by atoms with Crippen LogP contribution in [-0.4, -0.2) is 71.6 Å². The van der Waals surface area contributed by atoms with E-state index in [2.05, 4.69) is 89.2 Å². The van der Waals surface area contributed by atoms with Crippen molar-refractivity contribution in [1.29, 1.82) is 0 Å². The Labute approximate surface area is 211 Å². The Morgan fingerprint density at radius 2 is 1.42 bits per heavy atom. The monoisotopic (exact) mass is 543 g/mol. The summed E-state index contributed by atoms with van der Waals surface area (Å²) in [5.41, 5.74) is 1.09. The zero-order valence-electron chi connectivity index (χ0n) is 23.2. The van der Waals surface area contributed by atoms with Gasteiger partial charge in [-0.2, -0.15) is 11.2 Å². The molecule has 0 aliphatic heterocycles. The molecule has 0 aliphatic carbocycles. The van der Waals surface area contributed by atoms with Crippen molar-refractivity contribution in [3.05, 3.63) is 35.9 Å². The minimum absolute atomic E-state index is 0.112. The average molecular weight is 544 g/mol. The molecular formula is C24H49NO3SSi4. The molecule has 1 aromatic rings. The third-order valence-corrected chi connectivity index (χ3v) is 95.6. The zero-order chi connectivity index (χ0) is 25.7. The molecule has 190 valence electrons. The van der Waals surface area contributed by atoms with Crippen molar-refractivity contribution < 1.29 is 14.3 Å². The molecule has 0 aromatic heterocycles. The summed E-state index contributed by atoms with van der Waals surface area (Å²) in [6, 6.07) is 10.1. The minimum atomic E-state index is -1.53. The molecule has 9 heteroatoms. The Balaban J connectivity index is 3.25. The maximum absolute atomic E-state index is 13.1. The first-order chi connectivity index (χ1) is 15.0. The van der Waals surface area contributed by atoms with Gasteiger partial charge in [0, 0.05) is 42.2 Å². The van der Waals surface area contributed by atoms with E-state index in [1.165, 1.54) is 0 Å². The molecule has 1 aromatic carbocycles. The van der Waals surface area contributed by atoms with E-state index < -0.39 is 28.6 Å². The summed E-state index contributed by atoms with van der Waals surface area (Å²) >= 11 is 2.32. The van der Waals surface area contributed by atoms with Crippen LogP contribution < -0.4 is 0 Å². The molecule has 0 radical (unpaired) electrons. The molecular weight excluding hydrogens is 495 g/mol. The third-order valence-electron chi connectivity index (χ3n) is 6.63. The summed E-state index contributed by atoms with van der Waals surface area (Å²) < 4.78 is 11.4. The molecule has 2 atom stereocenters. The molecule has 0 N–H and O–H groups in total. The van der Waals surface area contributed by atoms with Crippen molar-refractivity contribution in [2.24, 2.45) is 0 Å². The van der Waals surface area contributed by atoms with Gasteiger partial charge in [-0.05, 0) is 19.4 Å². The molecule has 33 heavy (non-hydrogen) atoms. The van der Waals surface area contributed by atoms with Gasteiger partial charge in [0.1, 0.15) is 6.10 Å². The molecule has 0 aliphatic rings. The molecule has 0 saturated heterocycles. The third kappa shape index (κ3) is 7.10. The molecule has 0 unspecified atom stereocenters. The van der Waals surface area contributed by atoms with Crippen molar-refractivity contribution in [1.82, 2.24) is 4.90 Å². The Morgan fingerprint density at radius 3 is 1.82 bits per heavy atom. The number of rotatable bonds is 12. The van der Waals surface area contributed by atoms with Crippen LogP contribution in [0.25, 0.3) is 0 Å². The maximum Gasteiger partial charge on any atom is 0.410 e. The van der Waals surface area contributed by atoms with Crippen LogP contribution in [0.4, 0.5) is 4.79 Å². The summed E-state index contributed by atoms with van der Waals surface area (Å²) in [6.45, 7) is 28.6. The van der Waals surface area contributed by atoms with E-state index in [1.807, 2.05) is 30.0 Å². The number of amides is 1. The lowest BCUT2D eigenvalue weighted by atomic mass is 10.0. The fourth-order valence-electron chi connectivity index (χ4n) is 6.41. The topological polar surface area (TPSA) is 38.8 Å². The minimum Gasteiger partial charge on any atom is -0.450 e. The van der Waals surface area contributed by atoms with Crippen LogP contribution in [0.1, 0.15) is 25.5 Å². The van der Waals surface area contributed by atoms with Crippen LogP contribution >= 0.6 is 11.2 Å². The van der Waals surface area contributed by atoms with Gasteiger partial charge >= 0.3 is 6.09 Å². The van der Waals surface area contributed by atoms with Crippen LogP contribution in [0.15, 0.2) is 30.3 Å². The van der Waals surface area contributed by atoms with Crippen molar-refractivity contribution >= 4 is 45.9 Å². The summed E-state index contributed by atoms with van der Waals surface area (Å²) in [7, 11) is -2.37. The molecule has 0 spiro atoms. The van der Waals surface area contributed by atoms with E-state index in [0.29, 0.717) is 13.2 Å². The number of hydrogen-bond acceptors (Lipinski definition) is 4. The predicted molar refractivity (Wildman–Crippen MR) is 158 cm³/mol. The SMILES string of the molecule is CCOC(=O)N(CCS[Si]([Si](C)(C)C)([Si](C)(C)C)[Si](C)(C)C)[C@@H](C)[C@H](OC)c1ccccc1. The molecule has 0 bridgehead atoms. The lowest BCUT2D eigenvalue weighted by molar-refractivity contribution is 0.0173. The van der Waals surface area contributed by atoms with Crippen LogP contribution in [0.2, 0.25) is 58.9 Å². The average Bonchev–Trinajstić information content (AvgIpc) is 2.66. The largest absolute Gasteiger partial charge is 0.450 e.